The molecule has 1 aliphatic rings. The van der Waals surface area contributed by atoms with Crippen molar-refractivity contribution in [2.45, 2.75) is 19.4 Å². The van der Waals surface area contributed by atoms with Gasteiger partial charge in [0.1, 0.15) is 5.82 Å². The molecule has 1 N–H and O–H groups in total. The summed E-state index contributed by atoms with van der Waals surface area (Å²) in [5.41, 5.74) is 1.04. The molecule has 1 heterocycles. The van der Waals surface area contributed by atoms with E-state index in [1.54, 1.807) is 12.1 Å². The van der Waals surface area contributed by atoms with Crippen molar-refractivity contribution in [2.75, 3.05) is 26.7 Å². The Morgan fingerprint density at radius 1 is 1.47 bits per heavy atom. The fourth-order valence-corrected chi connectivity index (χ4v) is 3.03. The van der Waals surface area contributed by atoms with Gasteiger partial charge in [-0.15, -0.1) is 12.4 Å². The molecule has 1 unspecified atom stereocenters. The third-order valence-corrected chi connectivity index (χ3v) is 4.27. The Balaban J connectivity index is 0.00000180. The second-order valence-electron chi connectivity index (χ2n) is 5.04. The third kappa shape index (κ3) is 5.03. The van der Waals surface area contributed by atoms with E-state index >= 15 is 0 Å². The predicted octanol–water partition coefficient (Wildman–Crippen LogP) is 3.44. The summed E-state index contributed by atoms with van der Waals surface area (Å²) in [6.45, 7) is 4.12. The molecule has 19 heavy (non-hydrogen) atoms. The lowest BCUT2D eigenvalue weighted by molar-refractivity contribution is 0.166. The molecule has 0 aliphatic carbocycles. The Hall–Kier alpha value is -0.160. The molecule has 1 aromatic carbocycles. The monoisotopic (exact) mass is 350 g/mol. The largest absolute Gasteiger partial charge is 0.319 e. The number of hydrogen-bond donors (Lipinski definition) is 1. The van der Waals surface area contributed by atoms with Crippen molar-refractivity contribution in [1.29, 1.82) is 0 Å². The van der Waals surface area contributed by atoms with Crippen molar-refractivity contribution in [3.63, 3.8) is 0 Å². The number of nitrogens with zero attached hydrogens (tertiary/aromatic N) is 1. The molecule has 0 radical (unpaired) electrons. The van der Waals surface area contributed by atoms with E-state index in [9.17, 15) is 4.39 Å². The van der Waals surface area contributed by atoms with E-state index in [0.29, 0.717) is 0 Å². The summed E-state index contributed by atoms with van der Waals surface area (Å²) >= 11 is 3.50. The smallest absolute Gasteiger partial charge is 0.123 e. The molecule has 0 spiro atoms. The molecule has 5 heteroatoms. The molecule has 1 aliphatic heterocycles. The van der Waals surface area contributed by atoms with Crippen molar-refractivity contribution in [2.24, 2.45) is 5.92 Å². The van der Waals surface area contributed by atoms with Crippen molar-refractivity contribution >= 4 is 28.3 Å². The van der Waals surface area contributed by atoms with E-state index in [1.165, 1.54) is 18.9 Å². The zero-order valence-electron chi connectivity index (χ0n) is 11.2. The molecule has 2 nitrogen and oxygen atoms in total. The molecule has 0 saturated carbocycles. The molecule has 1 saturated heterocycles. The first kappa shape index (κ1) is 16.9. The molecule has 0 bridgehead atoms. The van der Waals surface area contributed by atoms with Crippen LogP contribution in [0, 0.1) is 11.7 Å². The highest BCUT2D eigenvalue weighted by atomic mass is 79.9. The Morgan fingerprint density at radius 2 is 2.26 bits per heavy atom. The summed E-state index contributed by atoms with van der Waals surface area (Å²) in [6, 6.07) is 4.92. The van der Waals surface area contributed by atoms with Gasteiger partial charge in [0.15, 0.2) is 0 Å². The van der Waals surface area contributed by atoms with E-state index in [-0.39, 0.29) is 18.2 Å². The van der Waals surface area contributed by atoms with Crippen molar-refractivity contribution in [3.05, 3.63) is 34.1 Å². The highest BCUT2D eigenvalue weighted by Gasteiger charge is 2.19. The number of nitrogens with one attached hydrogen (secondary N) is 1. The second kappa shape index (κ2) is 8.20. The van der Waals surface area contributed by atoms with E-state index in [4.69, 9.17) is 0 Å². The summed E-state index contributed by atoms with van der Waals surface area (Å²) in [5, 5.41) is 3.25. The Kier molecular flexibility index (Phi) is 7.29. The fourth-order valence-electron chi connectivity index (χ4n) is 2.66. The Labute approximate surface area is 129 Å². The number of piperidine rings is 1. The number of benzene rings is 1. The van der Waals surface area contributed by atoms with Crippen LogP contribution in [0.3, 0.4) is 0 Å². The van der Waals surface area contributed by atoms with Crippen LogP contribution in [0.15, 0.2) is 22.7 Å². The van der Waals surface area contributed by atoms with Gasteiger partial charge < -0.3 is 5.32 Å². The minimum Gasteiger partial charge on any atom is -0.319 e. The average Bonchev–Trinajstić information content (AvgIpc) is 2.35. The summed E-state index contributed by atoms with van der Waals surface area (Å²) in [5.74, 6) is 0.563. The lowest BCUT2D eigenvalue weighted by Gasteiger charge is -2.32. The van der Waals surface area contributed by atoms with Gasteiger partial charge in [-0.25, -0.2) is 4.39 Å². The normalized spacial score (nSPS) is 20.1. The molecule has 2 rings (SSSR count). The lowest BCUT2D eigenvalue weighted by atomic mass is 9.97. The maximum absolute atomic E-state index is 13.2. The first-order valence-corrected chi connectivity index (χ1v) is 7.29. The highest BCUT2D eigenvalue weighted by Crippen LogP contribution is 2.23. The molecule has 1 atom stereocenters. The number of hydrogen-bond acceptors (Lipinski definition) is 2. The minimum atomic E-state index is -0.156. The number of rotatable bonds is 4. The Morgan fingerprint density at radius 3 is 3.00 bits per heavy atom. The van der Waals surface area contributed by atoms with Crippen LogP contribution >= 0.6 is 28.3 Å². The van der Waals surface area contributed by atoms with Crippen molar-refractivity contribution in [1.82, 2.24) is 10.2 Å². The van der Waals surface area contributed by atoms with E-state index in [1.807, 2.05) is 7.05 Å². The molecule has 1 fully saturated rings. The van der Waals surface area contributed by atoms with Crippen LogP contribution in [-0.4, -0.2) is 31.6 Å². The van der Waals surface area contributed by atoms with Gasteiger partial charge in [-0.1, -0.05) is 15.9 Å². The van der Waals surface area contributed by atoms with Crippen LogP contribution in [0.4, 0.5) is 4.39 Å². The summed E-state index contributed by atoms with van der Waals surface area (Å²) in [6.07, 6.45) is 2.53. The molecule has 0 aromatic heterocycles. The van der Waals surface area contributed by atoms with Crippen LogP contribution in [-0.2, 0) is 6.54 Å². The zero-order valence-corrected chi connectivity index (χ0v) is 13.6. The lowest BCUT2D eigenvalue weighted by Crippen LogP contribution is -2.38. The topological polar surface area (TPSA) is 15.3 Å². The summed E-state index contributed by atoms with van der Waals surface area (Å²) < 4.78 is 14.2. The predicted molar refractivity (Wildman–Crippen MR) is 83.3 cm³/mol. The maximum Gasteiger partial charge on any atom is 0.123 e. The Bertz CT molecular complexity index is 401. The first-order valence-electron chi connectivity index (χ1n) is 6.50. The summed E-state index contributed by atoms with van der Waals surface area (Å²) in [7, 11) is 2.00. The van der Waals surface area contributed by atoms with Gasteiger partial charge in [0.2, 0.25) is 0 Å². The van der Waals surface area contributed by atoms with Gasteiger partial charge in [-0.05, 0) is 62.7 Å². The SMILES string of the molecule is CNCC1CCCN(Cc2cc(F)ccc2Br)C1.Cl. The van der Waals surface area contributed by atoms with Crippen LogP contribution in [0.5, 0.6) is 0 Å². The van der Waals surface area contributed by atoms with Crippen LogP contribution < -0.4 is 5.32 Å². The van der Waals surface area contributed by atoms with Gasteiger partial charge in [-0.2, -0.15) is 0 Å². The first-order chi connectivity index (χ1) is 8.69. The van der Waals surface area contributed by atoms with Gasteiger partial charge in [-0.3, -0.25) is 4.90 Å². The van der Waals surface area contributed by atoms with E-state index < -0.39 is 0 Å². The quantitative estimate of drug-likeness (QED) is 0.894. The number of likely N-dealkylation sites (tertiary alicyclic amines) is 1. The van der Waals surface area contributed by atoms with Crippen LogP contribution in [0.2, 0.25) is 0 Å². The second-order valence-corrected chi connectivity index (χ2v) is 5.89. The molecule has 0 amide bonds. The molecule has 108 valence electrons. The molecular weight excluding hydrogens is 331 g/mol. The zero-order chi connectivity index (χ0) is 13.0. The van der Waals surface area contributed by atoms with E-state index in [0.717, 1.165) is 42.1 Å². The van der Waals surface area contributed by atoms with Gasteiger partial charge in [0.25, 0.3) is 0 Å². The van der Waals surface area contributed by atoms with Gasteiger partial charge in [0.05, 0.1) is 0 Å². The van der Waals surface area contributed by atoms with Gasteiger partial charge >= 0.3 is 0 Å². The van der Waals surface area contributed by atoms with Crippen LogP contribution in [0.25, 0.3) is 0 Å². The standard InChI is InChI=1S/C14H20BrFN2.ClH/c1-17-8-11-3-2-6-18(9-11)10-12-7-13(16)4-5-14(12)15;/h4-5,7,11,17H,2-3,6,8-10H2,1H3;1H. The fraction of sp³-hybridized carbons (Fsp3) is 0.571. The van der Waals surface area contributed by atoms with E-state index in [2.05, 4.69) is 26.1 Å². The van der Waals surface area contributed by atoms with Gasteiger partial charge in [0, 0.05) is 17.6 Å². The number of halogens is 3. The summed E-state index contributed by atoms with van der Waals surface area (Å²) in [4.78, 5) is 2.42. The average molecular weight is 352 g/mol. The van der Waals surface area contributed by atoms with Crippen molar-refractivity contribution in [3.8, 4) is 0 Å². The maximum atomic E-state index is 13.2. The van der Waals surface area contributed by atoms with Crippen LogP contribution in [0.1, 0.15) is 18.4 Å². The minimum absolute atomic E-state index is 0. The third-order valence-electron chi connectivity index (χ3n) is 3.50. The highest BCUT2D eigenvalue weighted by molar-refractivity contribution is 9.10. The molecular formula is C14H21BrClFN2. The molecule has 1 aromatic rings. The van der Waals surface area contributed by atoms with Crippen molar-refractivity contribution < 1.29 is 4.39 Å².